The summed E-state index contributed by atoms with van der Waals surface area (Å²) < 4.78 is 27.6. The Bertz CT molecular complexity index is 760. The standard InChI is InChI=1S/C18H22N2O2S/c1-19-14-17-10-6-12-20(17)23(21,22)18-11-5-9-16(13-18)15-7-3-2-4-8-15/h2-5,7-9,11,13,17,19H,6,10,12,14H2,1H3. The van der Waals surface area contributed by atoms with Gasteiger partial charge in [0.2, 0.25) is 10.0 Å². The predicted octanol–water partition coefficient (Wildman–Crippen LogP) is 2.73. The van der Waals surface area contributed by atoms with Crippen molar-refractivity contribution in [2.24, 2.45) is 0 Å². The normalized spacial score (nSPS) is 19.1. The van der Waals surface area contributed by atoms with Gasteiger partial charge in [-0.15, -0.1) is 0 Å². The van der Waals surface area contributed by atoms with Gasteiger partial charge in [0, 0.05) is 19.1 Å². The minimum atomic E-state index is -3.45. The van der Waals surface area contributed by atoms with Crippen molar-refractivity contribution in [2.75, 3.05) is 20.1 Å². The number of likely N-dealkylation sites (N-methyl/N-ethyl adjacent to an activating group) is 1. The fourth-order valence-electron chi connectivity index (χ4n) is 3.17. The van der Waals surface area contributed by atoms with Crippen molar-refractivity contribution in [2.45, 2.75) is 23.8 Å². The second-order valence-electron chi connectivity index (χ2n) is 5.86. The van der Waals surface area contributed by atoms with Crippen LogP contribution in [-0.4, -0.2) is 38.9 Å². The maximum absolute atomic E-state index is 13.0. The van der Waals surface area contributed by atoms with Crippen molar-refractivity contribution in [3.8, 4) is 11.1 Å². The van der Waals surface area contributed by atoms with E-state index in [1.165, 1.54) is 0 Å². The third kappa shape index (κ3) is 3.32. The van der Waals surface area contributed by atoms with Gasteiger partial charge >= 0.3 is 0 Å². The lowest BCUT2D eigenvalue weighted by atomic mass is 10.1. The van der Waals surface area contributed by atoms with Gasteiger partial charge < -0.3 is 5.32 Å². The van der Waals surface area contributed by atoms with E-state index in [0.29, 0.717) is 18.0 Å². The summed E-state index contributed by atoms with van der Waals surface area (Å²) in [5, 5.41) is 3.09. The summed E-state index contributed by atoms with van der Waals surface area (Å²) >= 11 is 0. The zero-order valence-electron chi connectivity index (χ0n) is 13.3. The first-order valence-electron chi connectivity index (χ1n) is 7.95. The Kier molecular flexibility index (Phi) is 4.80. The molecule has 1 aliphatic heterocycles. The highest BCUT2D eigenvalue weighted by molar-refractivity contribution is 7.89. The van der Waals surface area contributed by atoms with E-state index in [1.807, 2.05) is 49.5 Å². The van der Waals surface area contributed by atoms with Gasteiger partial charge in [-0.25, -0.2) is 8.42 Å². The smallest absolute Gasteiger partial charge is 0.243 e. The molecule has 0 saturated carbocycles. The highest BCUT2D eigenvalue weighted by Gasteiger charge is 2.34. The van der Waals surface area contributed by atoms with Crippen molar-refractivity contribution in [1.29, 1.82) is 0 Å². The zero-order chi connectivity index (χ0) is 16.3. The Morgan fingerprint density at radius 2 is 1.83 bits per heavy atom. The van der Waals surface area contributed by atoms with Crippen LogP contribution in [-0.2, 0) is 10.0 Å². The lowest BCUT2D eigenvalue weighted by Crippen LogP contribution is -2.40. The summed E-state index contributed by atoms with van der Waals surface area (Å²) in [4.78, 5) is 0.377. The number of sulfonamides is 1. The average molecular weight is 330 g/mol. The van der Waals surface area contributed by atoms with E-state index >= 15 is 0 Å². The van der Waals surface area contributed by atoms with Crippen molar-refractivity contribution in [1.82, 2.24) is 9.62 Å². The molecule has 1 heterocycles. The Labute approximate surface area is 138 Å². The van der Waals surface area contributed by atoms with Gasteiger partial charge in [0.15, 0.2) is 0 Å². The molecule has 0 radical (unpaired) electrons. The molecule has 4 nitrogen and oxygen atoms in total. The second kappa shape index (κ2) is 6.83. The number of nitrogens with one attached hydrogen (secondary N) is 1. The van der Waals surface area contributed by atoms with Crippen LogP contribution in [0.4, 0.5) is 0 Å². The summed E-state index contributed by atoms with van der Waals surface area (Å²) in [6.07, 6.45) is 1.84. The molecule has 23 heavy (non-hydrogen) atoms. The maximum Gasteiger partial charge on any atom is 0.243 e. The summed E-state index contributed by atoms with van der Waals surface area (Å²) in [5.41, 5.74) is 1.95. The molecular formula is C18H22N2O2S. The van der Waals surface area contributed by atoms with Crippen LogP contribution in [0.3, 0.4) is 0 Å². The zero-order valence-corrected chi connectivity index (χ0v) is 14.1. The fourth-order valence-corrected chi connectivity index (χ4v) is 4.91. The molecule has 0 aliphatic carbocycles. The lowest BCUT2D eigenvalue weighted by Gasteiger charge is -2.24. The van der Waals surface area contributed by atoms with Gasteiger partial charge in [-0.1, -0.05) is 42.5 Å². The van der Waals surface area contributed by atoms with Gasteiger partial charge in [-0.2, -0.15) is 4.31 Å². The number of hydrogen-bond donors (Lipinski definition) is 1. The van der Waals surface area contributed by atoms with E-state index in [4.69, 9.17) is 0 Å². The second-order valence-corrected chi connectivity index (χ2v) is 7.75. The fraction of sp³-hybridized carbons (Fsp3) is 0.333. The largest absolute Gasteiger partial charge is 0.318 e. The van der Waals surface area contributed by atoms with Crippen molar-refractivity contribution in [3.63, 3.8) is 0 Å². The third-order valence-electron chi connectivity index (χ3n) is 4.31. The highest BCUT2D eigenvalue weighted by Crippen LogP contribution is 2.28. The van der Waals surface area contributed by atoms with E-state index in [0.717, 1.165) is 24.0 Å². The van der Waals surface area contributed by atoms with Crippen LogP contribution in [0, 0.1) is 0 Å². The quantitative estimate of drug-likeness (QED) is 0.917. The predicted molar refractivity (Wildman–Crippen MR) is 92.7 cm³/mol. The molecule has 3 rings (SSSR count). The summed E-state index contributed by atoms with van der Waals surface area (Å²) in [5.74, 6) is 0. The number of rotatable bonds is 5. The Hall–Kier alpha value is -1.69. The highest BCUT2D eigenvalue weighted by atomic mass is 32.2. The molecule has 0 amide bonds. The van der Waals surface area contributed by atoms with Crippen LogP contribution in [0.25, 0.3) is 11.1 Å². The molecule has 1 fully saturated rings. The van der Waals surface area contributed by atoms with E-state index in [9.17, 15) is 8.42 Å². The minimum absolute atomic E-state index is 0.0466. The SMILES string of the molecule is CNCC1CCCN1S(=O)(=O)c1cccc(-c2ccccc2)c1. The molecular weight excluding hydrogens is 308 g/mol. The van der Waals surface area contributed by atoms with Crippen LogP contribution in [0.5, 0.6) is 0 Å². The first-order chi connectivity index (χ1) is 11.1. The lowest BCUT2D eigenvalue weighted by molar-refractivity contribution is 0.379. The summed E-state index contributed by atoms with van der Waals surface area (Å²) in [6, 6.07) is 17.1. The Balaban J connectivity index is 1.95. The Morgan fingerprint density at radius 1 is 1.09 bits per heavy atom. The third-order valence-corrected chi connectivity index (χ3v) is 6.26. The van der Waals surface area contributed by atoms with E-state index in [1.54, 1.807) is 16.4 Å². The van der Waals surface area contributed by atoms with Gasteiger partial charge in [-0.3, -0.25) is 0 Å². The molecule has 1 unspecified atom stereocenters. The summed E-state index contributed by atoms with van der Waals surface area (Å²) in [6.45, 7) is 1.29. The topological polar surface area (TPSA) is 49.4 Å². The first kappa shape index (κ1) is 16.2. The van der Waals surface area contributed by atoms with Crippen LogP contribution in [0.15, 0.2) is 59.5 Å². The monoisotopic (exact) mass is 330 g/mol. The molecule has 5 heteroatoms. The molecule has 2 aromatic rings. The molecule has 1 saturated heterocycles. The Morgan fingerprint density at radius 3 is 2.57 bits per heavy atom. The molecule has 1 N–H and O–H groups in total. The van der Waals surface area contributed by atoms with Crippen LogP contribution in [0.1, 0.15) is 12.8 Å². The van der Waals surface area contributed by atoms with Crippen LogP contribution in [0.2, 0.25) is 0 Å². The van der Waals surface area contributed by atoms with E-state index in [2.05, 4.69) is 5.32 Å². The molecule has 0 aromatic heterocycles. The number of hydrogen-bond acceptors (Lipinski definition) is 3. The van der Waals surface area contributed by atoms with E-state index in [-0.39, 0.29) is 6.04 Å². The molecule has 0 spiro atoms. The van der Waals surface area contributed by atoms with E-state index < -0.39 is 10.0 Å². The minimum Gasteiger partial charge on any atom is -0.318 e. The van der Waals surface area contributed by atoms with Crippen molar-refractivity contribution in [3.05, 3.63) is 54.6 Å². The number of nitrogens with zero attached hydrogens (tertiary/aromatic N) is 1. The molecule has 2 aromatic carbocycles. The van der Waals surface area contributed by atoms with Gasteiger partial charge in [0.05, 0.1) is 4.90 Å². The average Bonchev–Trinajstić information content (AvgIpc) is 3.05. The van der Waals surface area contributed by atoms with Gasteiger partial charge in [0.1, 0.15) is 0 Å². The van der Waals surface area contributed by atoms with Crippen LogP contribution >= 0.6 is 0 Å². The summed E-state index contributed by atoms with van der Waals surface area (Å²) in [7, 11) is -1.59. The van der Waals surface area contributed by atoms with Crippen molar-refractivity contribution >= 4 is 10.0 Å². The van der Waals surface area contributed by atoms with Crippen molar-refractivity contribution < 1.29 is 8.42 Å². The van der Waals surface area contributed by atoms with Gasteiger partial charge in [0.25, 0.3) is 0 Å². The maximum atomic E-state index is 13.0. The molecule has 0 bridgehead atoms. The molecule has 122 valence electrons. The van der Waals surface area contributed by atoms with Crippen LogP contribution < -0.4 is 5.32 Å². The number of benzene rings is 2. The molecule has 1 aliphatic rings. The molecule has 1 atom stereocenters. The van der Waals surface area contributed by atoms with Gasteiger partial charge in [-0.05, 0) is 43.1 Å². The first-order valence-corrected chi connectivity index (χ1v) is 9.39.